The fourth-order valence-corrected chi connectivity index (χ4v) is 2.41. The van der Waals surface area contributed by atoms with E-state index in [4.69, 9.17) is 11.5 Å². The zero-order valence-corrected chi connectivity index (χ0v) is 12.0. The molecule has 0 saturated carbocycles. The average molecular weight is 278 g/mol. The summed E-state index contributed by atoms with van der Waals surface area (Å²) in [5.41, 5.74) is 13.4. The van der Waals surface area contributed by atoms with Crippen LogP contribution in [0.3, 0.4) is 0 Å². The first kappa shape index (κ1) is 14.7. The molecule has 1 aromatic carbocycles. The van der Waals surface area contributed by atoms with Crippen molar-refractivity contribution >= 4 is 0 Å². The van der Waals surface area contributed by atoms with E-state index in [0.29, 0.717) is 36.8 Å². The molecule has 0 bridgehead atoms. The number of hydrogen-bond donors (Lipinski definition) is 2. The van der Waals surface area contributed by atoms with Crippen LogP contribution < -0.4 is 11.5 Å². The maximum Gasteiger partial charge on any atom is 0.127 e. The van der Waals surface area contributed by atoms with Gasteiger partial charge in [0.1, 0.15) is 11.6 Å². The highest BCUT2D eigenvalue weighted by atomic mass is 19.1. The topological polar surface area (TPSA) is 58.5 Å². The number of benzene rings is 1. The van der Waals surface area contributed by atoms with E-state index in [1.807, 2.05) is 12.1 Å². The second-order valence-electron chi connectivity index (χ2n) is 5.25. The van der Waals surface area contributed by atoms with Crippen molar-refractivity contribution in [2.75, 3.05) is 19.8 Å². The molecule has 0 spiro atoms. The maximum atomic E-state index is 13.7. The van der Waals surface area contributed by atoms with Crippen molar-refractivity contribution in [2.45, 2.75) is 26.3 Å². The van der Waals surface area contributed by atoms with Crippen LogP contribution in [0, 0.1) is 5.82 Å². The van der Waals surface area contributed by atoms with Gasteiger partial charge < -0.3 is 16.4 Å². The van der Waals surface area contributed by atoms with Gasteiger partial charge in [-0.3, -0.25) is 4.90 Å². The third-order valence-corrected chi connectivity index (χ3v) is 3.57. The molecule has 0 amide bonds. The van der Waals surface area contributed by atoms with E-state index in [-0.39, 0.29) is 5.82 Å². The fraction of sp³-hybridized carbons (Fsp3) is 0.467. The van der Waals surface area contributed by atoms with Gasteiger partial charge in [0, 0.05) is 25.2 Å². The first-order chi connectivity index (χ1) is 9.61. The van der Waals surface area contributed by atoms with Crippen molar-refractivity contribution in [3.05, 3.63) is 47.2 Å². The molecule has 0 atom stereocenters. The molecule has 4 nitrogen and oxygen atoms in total. The SMILES string of the molecule is CCCCN1CN(Cc2ccccc2F)CC(N)=C1N. The molecule has 0 fully saturated rings. The number of unbranched alkanes of at least 4 members (excludes halogenated alkanes) is 1. The molecule has 1 heterocycles. The summed E-state index contributed by atoms with van der Waals surface area (Å²) >= 11 is 0. The van der Waals surface area contributed by atoms with Gasteiger partial charge in [-0.2, -0.15) is 0 Å². The second kappa shape index (κ2) is 6.61. The summed E-state index contributed by atoms with van der Waals surface area (Å²) in [7, 11) is 0. The van der Waals surface area contributed by atoms with Crippen LogP contribution in [0.15, 0.2) is 35.8 Å². The predicted molar refractivity (Wildman–Crippen MR) is 78.7 cm³/mol. The van der Waals surface area contributed by atoms with Crippen molar-refractivity contribution in [2.24, 2.45) is 11.5 Å². The zero-order valence-electron chi connectivity index (χ0n) is 12.0. The van der Waals surface area contributed by atoms with Crippen LogP contribution >= 0.6 is 0 Å². The van der Waals surface area contributed by atoms with Crippen LogP contribution in [0.2, 0.25) is 0 Å². The Balaban J connectivity index is 2.05. The number of halogens is 1. The van der Waals surface area contributed by atoms with Gasteiger partial charge in [-0.05, 0) is 12.5 Å². The Morgan fingerprint density at radius 2 is 2.00 bits per heavy atom. The zero-order chi connectivity index (χ0) is 14.5. The van der Waals surface area contributed by atoms with Crippen molar-refractivity contribution in [1.29, 1.82) is 0 Å². The summed E-state index contributed by atoms with van der Waals surface area (Å²) in [5.74, 6) is 0.497. The molecular formula is C15H23FN4. The van der Waals surface area contributed by atoms with Crippen molar-refractivity contribution in [3.8, 4) is 0 Å². The molecule has 1 aliphatic rings. The molecule has 0 unspecified atom stereocenters. The van der Waals surface area contributed by atoms with E-state index < -0.39 is 0 Å². The van der Waals surface area contributed by atoms with Crippen LogP contribution in [-0.2, 0) is 6.54 Å². The van der Waals surface area contributed by atoms with Crippen LogP contribution in [0.1, 0.15) is 25.3 Å². The average Bonchev–Trinajstić information content (AvgIpc) is 2.43. The molecule has 110 valence electrons. The smallest absolute Gasteiger partial charge is 0.127 e. The minimum atomic E-state index is -0.172. The summed E-state index contributed by atoms with van der Waals surface area (Å²) in [6, 6.07) is 6.85. The summed E-state index contributed by atoms with van der Waals surface area (Å²) < 4.78 is 13.7. The van der Waals surface area contributed by atoms with Gasteiger partial charge in [0.15, 0.2) is 0 Å². The molecule has 1 aliphatic heterocycles. The minimum absolute atomic E-state index is 0.172. The quantitative estimate of drug-likeness (QED) is 0.862. The number of nitrogens with two attached hydrogens (primary N) is 2. The Labute approximate surface area is 119 Å². The number of nitrogens with zero attached hydrogens (tertiary/aromatic N) is 2. The molecule has 5 heteroatoms. The predicted octanol–water partition coefficient (Wildman–Crippen LogP) is 1.79. The highest BCUT2D eigenvalue weighted by molar-refractivity contribution is 5.18. The number of rotatable bonds is 5. The van der Waals surface area contributed by atoms with E-state index >= 15 is 0 Å². The Kier molecular flexibility index (Phi) is 4.84. The van der Waals surface area contributed by atoms with Gasteiger partial charge in [-0.25, -0.2) is 4.39 Å². The monoisotopic (exact) mass is 278 g/mol. The van der Waals surface area contributed by atoms with Gasteiger partial charge in [0.25, 0.3) is 0 Å². The van der Waals surface area contributed by atoms with Crippen LogP contribution in [-0.4, -0.2) is 29.6 Å². The van der Waals surface area contributed by atoms with Gasteiger partial charge in [-0.15, -0.1) is 0 Å². The van der Waals surface area contributed by atoms with Gasteiger partial charge in [0.05, 0.1) is 12.4 Å². The number of hydrogen-bond acceptors (Lipinski definition) is 4. The Hall–Kier alpha value is -1.75. The van der Waals surface area contributed by atoms with E-state index in [9.17, 15) is 4.39 Å². The summed E-state index contributed by atoms with van der Waals surface area (Å²) in [4.78, 5) is 4.18. The molecule has 20 heavy (non-hydrogen) atoms. The van der Waals surface area contributed by atoms with Gasteiger partial charge in [0.2, 0.25) is 0 Å². The lowest BCUT2D eigenvalue weighted by atomic mass is 10.2. The molecule has 0 aromatic heterocycles. The highest BCUT2D eigenvalue weighted by Crippen LogP contribution is 2.17. The first-order valence-electron chi connectivity index (χ1n) is 7.06. The van der Waals surface area contributed by atoms with Gasteiger partial charge >= 0.3 is 0 Å². The lowest BCUT2D eigenvalue weighted by Gasteiger charge is -2.37. The van der Waals surface area contributed by atoms with Crippen LogP contribution in [0.25, 0.3) is 0 Å². The maximum absolute atomic E-state index is 13.7. The molecule has 4 N–H and O–H groups in total. The Morgan fingerprint density at radius 3 is 2.70 bits per heavy atom. The fourth-order valence-electron chi connectivity index (χ4n) is 2.41. The highest BCUT2D eigenvalue weighted by Gasteiger charge is 2.22. The normalized spacial score (nSPS) is 16.8. The third-order valence-electron chi connectivity index (χ3n) is 3.57. The molecule has 0 radical (unpaired) electrons. The molecular weight excluding hydrogens is 255 g/mol. The molecule has 1 aromatic rings. The largest absolute Gasteiger partial charge is 0.398 e. The van der Waals surface area contributed by atoms with E-state index in [0.717, 1.165) is 19.4 Å². The van der Waals surface area contributed by atoms with E-state index in [1.165, 1.54) is 6.07 Å². The second-order valence-corrected chi connectivity index (χ2v) is 5.25. The minimum Gasteiger partial charge on any atom is -0.398 e. The Bertz CT molecular complexity index is 487. The summed E-state index contributed by atoms with van der Waals surface area (Å²) in [6.45, 7) is 4.86. The molecule has 0 aliphatic carbocycles. The molecule has 2 rings (SSSR count). The standard InChI is InChI=1S/C15H23FN4/c1-2-3-8-20-11-19(10-14(17)15(20)18)9-12-6-4-5-7-13(12)16/h4-7H,2-3,8-11,17-18H2,1H3. The lowest BCUT2D eigenvalue weighted by molar-refractivity contribution is 0.136. The van der Waals surface area contributed by atoms with Crippen molar-refractivity contribution in [1.82, 2.24) is 9.80 Å². The molecule has 0 saturated heterocycles. The summed E-state index contributed by atoms with van der Waals surface area (Å²) in [6.07, 6.45) is 2.18. The summed E-state index contributed by atoms with van der Waals surface area (Å²) in [5, 5.41) is 0. The van der Waals surface area contributed by atoms with Crippen molar-refractivity contribution in [3.63, 3.8) is 0 Å². The van der Waals surface area contributed by atoms with Crippen LogP contribution in [0.4, 0.5) is 4.39 Å². The lowest BCUT2D eigenvalue weighted by Crippen LogP contribution is -2.47. The first-order valence-corrected chi connectivity index (χ1v) is 7.06. The van der Waals surface area contributed by atoms with E-state index in [1.54, 1.807) is 6.07 Å². The van der Waals surface area contributed by atoms with Crippen LogP contribution in [0.5, 0.6) is 0 Å². The Morgan fingerprint density at radius 1 is 1.25 bits per heavy atom. The van der Waals surface area contributed by atoms with Crippen molar-refractivity contribution < 1.29 is 4.39 Å². The van der Waals surface area contributed by atoms with E-state index in [2.05, 4.69) is 16.7 Å². The van der Waals surface area contributed by atoms with Gasteiger partial charge in [-0.1, -0.05) is 31.5 Å². The third kappa shape index (κ3) is 3.42.